The van der Waals surface area contributed by atoms with Crippen molar-refractivity contribution in [3.8, 4) is 0 Å². The van der Waals surface area contributed by atoms with E-state index < -0.39 is 5.97 Å². The molecule has 4 atom stereocenters. The van der Waals surface area contributed by atoms with E-state index in [0.717, 1.165) is 11.8 Å². The minimum Gasteiger partial charge on any atom is -0.478 e. The van der Waals surface area contributed by atoms with E-state index in [9.17, 15) is 4.79 Å². The van der Waals surface area contributed by atoms with Gasteiger partial charge >= 0.3 is 5.97 Å². The van der Waals surface area contributed by atoms with Crippen LogP contribution in [0.1, 0.15) is 40.5 Å². The van der Waals surface area contributed by atoms with E-state index in [1.54, 1.807) is 6.92 Å². The summed E-state index contributed by atoms with van der Waals surface area (Å²) in [4.78, 5) is 10.8. The molecule has 0 aromatic carbocycles. The molecule has 0 spiro atoms. The number of carboxylic acids is 1. The lowest BCUT2D eigenvalue weighted by Crippen LogP contribution is -2.54. The summed E-state index contributed by atoms with van der Waals surface area (Å²) in [6, 6.07) is 0. The Morgan fingerprint density at radius 3 is 2.44 bits per heavy atom. The van der Waals surface area contributed by atoms with Crippen molar-refractivity contribution in [3.63, 3.8) is 0 Å². The molecule has 1 N–H and O–H groups in total. The number of aliphatic carboxylic acids is 1. The predicted molar refractivity (Wildman–Crippen MR) is 64.0 cm³/mol. The van der Waals surface area contributed by atoms with Gasteiger partial charge in [-0.1, -0.05) is 26.8 Å². The van der Waals surface area contributed by atoms with Gasteiger partial charge in [0, 0.05) is 5.57 Å². The first-order chi connectivity index (χ1) is 7.34. The van der Waals surface area contributed by atoms with Crippen LogP contribution in [-0.2, 0) is 4.79 Å². The topological polar surface area (TPSA) is 37.3 Å². The lowest BCUT2D eigenvalue weighted by Gasteiger charge is -2.61. The highest BCUT2D eigenvalue weighted by molar-refractivity contribution is 5.85. The van der Waals surface area contributed by atoms with Gasteiger partial charge in [-0.3, -0.25) is 0 Å². The van der Waals surface area contributed by atoms with Crippen LogP contribution in [0.25, 0.3) is 0 Å². The first kappa shape index (κ1) is 11.7. The summed E-state index contributed by atoms with van der Waals surface area (Å²) in [5.41, 5.74) is 0.997. The monoisotopic (exact) mass is 222 g/mol. The largest absolute Gasteiger partial charge is 0.478 e. The number of allylic oxidation sites excluding steroid dienone is 1. The molecule has 3 aliphatic rings. The van der Waals surface area contributed by atoms with E-state index in [-0.39, 0.29) is 0 Å². The van der Waals surface area contributed by atoms with Crippen molar-refractivity contribution >= 4 is 5.97 Å². The third-order valence-corrected chi connectivity index (χ3v) is 5.21. The normalized spacial score (nSPS) is 41.4. The summed E-state index contributed by atoms with van der Waals surface area (Å²) >= 11 is 0. The summed E-state index contributed by atoms with van der Waals surface area (Å²) in [7, 11) is 0. The number of carbonyl (C=O) groups is 1. The smallest absolute Gasteiger partial charge is 0.330 e. The summed E-state index contributed by atoms with van der Waals surface area (Å²) in [6.45, 7) is 8.73. The zero-order valence-corrected chi connectivity index (χ0v) is 10.7. The molecule has 3 fully saturated rings. The van der Waals surface area contributed by atoms with Crippen molar-refractivity contribution in [2.45, 2.75) is 40.5 Å². The van der Waals surface area contributed by atoms with Crippen molar-refractivity contribution in [3.05, 3.63) is 11.6 Å². The van der Waals surface area contributed by atoms with Crippen LogP contribution < -0.4 is 0 Å². The van der Waals surface area contributed by atoms with Gasteiger partial charge in [-0.25, -0.2) is 4.79 Å². The van der Waals surface area contributed by atoms with Gasteiger partial charge in [0.2, 0.25) is 0 Å². The molecule has 0 amide bonds. The van der Waals surface area contributed by atoms with Gasteiger partial charge in [-0.2, -0.15) is 0 Å². The highest BCUT2D eigenvalue weighted by Crippen LogP contribution is 2.63. The van der Waals surface area contributed by atoms with Crippen LogP contribution in [0.4, 0.5) is 0 Å². The number of hydrogen-bond donors (Lipinski definition) is 1. The molecule has 90 valence electrons. The van der Waals surface area contributed by atoms with Crippen LogP contribution in [0.3, 0.4) is 0 Å². The van der Waals surface area contributed by atoms with Crippen molar-refractivity contribution in [1.82, 2.24) is 0 Å². The molecule has 2 heteroatoms. The third-order valence-electron chi connectivity index (χ3n) is 5.21. The molecule has 0 saturated heterocycles. The van der Waals surface area contributed by atoms with E-state index in [1.807, 2.05) is 6.08 Å². The SMILES string of the molecule is CC(=CC1CC2CC(C1C)C2(C)C)C(=O)O. The van der Waals surface area contributed by atoms with Crippen LogP contribution in [0.2, 0.25) is 0 Å². The second-order valence-corrected chi connectivity index (χ2v) is 6.27. The molecule has 0 radical (unpaired) electrons. The Balaban J connectivity index is 2.12. The molecule has 2 bridgehead atoms. The zero-order valence-electron chi connectivity index (χ0n) is 10.7. The van der Waals surface area contributed by atoms with Crippen LogP contribution in [0.5, 0.6) is 0 Å². The molecule has 2 nitrogen and oxygen atoms in total. The Morgan fingerprint density at radius 1 is 1.38 bits per heavy atom. The lowest BCUT2D eigenvalue weighted by molar-refractivity contribution is -0.133. The summed E-state index contributed by atoms with van der Waals surface area (Å²) in [6.07, 6.45) is 4.52. The fraction of sp³-hybridized carbons (Fsp3) is 0.786. The van der Waals surface area contributed by atoms with E-state index in [0.29, 0.717) is 22.8 Å². The van der Waals surface area contributed by atoms with Crippen LogP contribution in [0.15, 0.2) is 11.6 Å². The summed E-state index contributed by atoms with van der Waals surface area (Å²) in [5, 5.41) is 8.91. The lowest BCUT2D eigenvalue weighted by atomic mass is 9.43. The Bertz CT molecular complexity index is 341. The van der Waals surface area contributed by atoms with Crippen LogP contribution >= 0.6 is 0 Å². The highest BCUT2D eigenvalue weighted by Gasteiger charge is 2.55. The van der Waals surface area contributed by atoms with Gasteiger partial charge in [0.1, 0.15) is 0 Å². The Kier molecular flexibility index (Phi) is 2.64. The molecule has 0 heterocycles. The number of rotatable bonds is 2. The number of carboxylic acid groups (broad SMARTS) is 1. The Labute approximate surface area is 97.7 Å². The minimum absolute atomic E-state index is 0.480. The molecular formula is C14H22O2. The van der Waals surface area contributed by atoms with Gasteiger partial charge < -0.3 is 5.11 Å². The van der Waals surface area contributed by atoms with Crippen molar-refractivity contribution in [2.24, 2.45) is 29.1 Å². The van der Waals surface area contributed by atoms with Gasteiger partial charge in [-0.15, -0.1) is 0 Å². The quantitative estimate of drug-likeness (QED) is 0.728. The molecule has 3 rings (SSSR count). The second-order valence-electron chi connectivity index (χ2n) is 6.27. The minimum atomic E-state index is -0.772. The molecule has 4 unspecified atom stereocenters. The fourth-order valence-electron chi connectivity index (χ4n) is 3.80. The fourth-order valence-corrected chi connectivity index (χ4v) is 3.80. The maximum atomic E-state index is 10.8. The Hall–Kier alpha value is -0.790. The van der Waals surface area contributed by atoms with Crippen molar-refractivity contribution in [1.29, 1.82) is 0 Å². The van der Waals surface area contributed by atoms with E-state index >= 15 is 0 Å². The maximum absolute atomic E-state index is 10.8. The Morgan fingerprint density at radius 2 is 2.00 bits per heavy atom. The molecule has 0 aromatic rings. The van der Waals surface area contributed by atoms with Gasteiger partial charge in [0.15, 0.2) is 0 Å². The first-order valence-corrected chi connectivity index (χ1v) is 6.25. The summed E-state index contributed by atoms with van der Waals surface area (Å²) in [5.74, 6) is 1.93. The van der Waals surface area contributed by atoms with Crippen LogP contribution in [-0.4, -0.2) is 11.1 Å². The highest BCUT2D eigenvalue weighted by atomic mass is 16.4. The second kappa shape index (κ2) is 3.61. The molecule has 0 aromatic heterocycles. The standard InChI is InChI=1S/C14H22O2/c1-8(13(15)16)5-10-6-11-7-12(9(10)2)14(11,3)4/h5,9-12H,6-7H2,1-4H3,(H,15,16). The molecule has 3 saturated carbocycles. The van der Waals surface area contributed by atoms with Crippen molar-refractivity contribution in [2.75, 3.05) is 0 Å². The van der Waals surface area contributed by atoms with E-state index in [1.165, 1.54) is 12.8 Å². The number of fused-ring (bicyclic) bond motifs is 2. The molecule has 3 aliphatic carbocycles. The zero-order chi connectivity index (χ0) is 12.1. The average molecular weight is 222 g/mol. The first-order valence-electron chi connectivity index (χ1n) is 6.25. The van der Waals surface area contributed by atoms with Crippen molar-refractivity contribution < 1.29 is 9.90 Å². The maximum Gasteiger partial charge on any atom is 0.330 e. The molecule has 16 heavy (non-hydrogen) atoms. The molecular weight excluding hydrogens is 200 g/mol. The average Bonchev–Trinajstić information content (AvgIpc) is 2.19. The van der Waals surface area contributed by atoms with Gasteiger partial charge in [0.05, 0.1) is 0 Å². The molecule has 0 aliphatic heterocycles. The van der Waals surface area contributed by atoms with Crippen LogP contribution in [0, 0.1) is 29.1 Å². The van der Waals surface area contributed by atoms with E-state index in [2.05, 4.69) is 20.8 Å². The van der Waals surface area contributed by atoms with Gasteiger partial charge in [-0.05, 0) is 48.9 Å². The summed E-state index contributed by atoms with van der Waals surface area (Å²) < 4.78 is 0. The third kappa shape index (κ3) is 1.59. The van der Waals surface area contributed by atoms with Gasteiger partial charge in [0.25, 0.3) is 0 Å². The number of hydrogen-bond acceptors (Lipinski definition) is 1. The predicted octanol–water partition coefficient (Wildman–Crippen LogP) is 3.34. The van der Waals surface area contributed by atoms with E-state index in [4.69, 9.17) is 5.11 Å².